The van der Waals surface area contributed by atoms with Crippen LogP contribution in [0.1, 0.15) is 24.8 Å². The molecule has 0 saturated carbocycles. The quantitative estimate of drug-likeness (QED) is 0.846. The van der Waals surface area contributed by atoms with Gasteiger partial charge < -0.3 is 14.4 Å². The Labute approximate surface area is 143 Å². The number of hydrogen-bond donors (Lipinski definition) is 0. The summed E-state index contributed by atoms with van der Waals surface area (Å²) in [7, 11) is 1.69. The molecular weight excluding hydrogens is 304 g/mol. The van der Waals surface area contributed by atoms with Crippen LogP contribution >= 0.6 is 0 Å². The van der Waals surface area contributed by atoms with Gasteiger partial charge in [0.05, 0.1) is 25.2 Å². The van der Waals surface area contributed by atoms with Crippen LogP contribution in [0.5, 0.6) is 5.75 Å². The smallest absolute Gasteiger partial charge is 0.228 e. The molecule has 3 fully saturated rings. The molecule has 3 aliphatic heterocycles. The third kappa shape index (κ3) is 3.15. The highest BCUT2D eigenvalue weighted by Crippen LogP contribution is 2.34. The van der Waals surface area contributed by atoms with Gasteiger partial charge in [-0.2, -0.15) is 0 Å². The molecule has 5 nitrogen and oxygen atoms in total. The van der Waals surface area contributed by atoms with E-state index in [0.717, 1.165) is 57.7 Å². The minimum absolute atomic E-state index is 0.0639. The number of hydrogen-bond acceptors (Lipinski definition) is 4. The van der Waals surface area contributed by atoms with Crippen LogP contribution < -0.4 is 4.74 Å². The maximum absolute atomic E-state index is 12.7. The lowest BCUT2D eigenvalue weighted by Crippen LogP contribution is -2.45. The van der Waals surface area contributed by atoms with Gasteiger partial charge in [0.15, 0.2) is 0 Å². The highest BCUT2D eigenvalue weighted by Gasteiger charge is 2.45. The zero-order valence-corrected chi connectivity index (χ0v) is 14.3. The Hall–Kier alpha value is -1.59. The van der Waals surface area contributed by atoms with Crippen molar-refractivity contribution in [1.82, 2.24) is 9.80 Å². The fourth-order valence-electron chi connectivity index (χ4n) is 4.29. The SMILES string of the molecule is COc1ccc(CN2C[C@H]3C[C@@H](C(=O)N4CCCC4)[C@@H](C2)O3)cc1. The van der Waals surface area contributed by atoms with E-state index in [0.29, 0.717) is 5.91 Å². The number of morpholine rings is 1. The molecule has 0 radical (unpaired) electrons. The lowest BCUT2D eigenvalue weighted by molar-refractivity contribution is -0.137. The van der Waals surface area contributed by atoms with E-state index >= 15 is 0 Å². The monoisotopic (exact) mass is 330 g/mol. The van der Waals surface area contributed by atoms with Crippen LogP contribution in [0.25, 0.3) is 0 Å². The number of benzene rings is 1. The molecule has 24 heavy (non-hydrogen) atoms. The van der Waals surface area contributed by atoms with Crippen molar-refractivity contribution in [3.63, 3.8) is 0 Å². The summed E-state index contributed by atoms with van der Waals surface area (Å²) in [6, 6.07) is 8.24. The fraction of sp³-hybridized carbons (Fsp3) is 0.632. The van der Waals surface area contributed by atoms with E-state index in [-0.39, 0.29) is 18.1 Å². The molecule has 0 unspecified atom stereocenters. The molecule has 2 bridgehead atoms. The number of nitrogens with zero attached hydrogens (tertiary/aromatic N) is 2. The summed E-state index contributed by atoms with van der Waals surface area (Å²) in [6.45, 7) is 4.55. The first-order chi connectivity index (χ1) is 11.7. The van der Waals surface area contributed by atoms with Gasteiger partial charge in [-0.3, -0.25) is 9.69 Å². The van der Waals surface area contributed by atoms with E-state index < -0.39 is 0 Å². The Balaban J connectivity index is 1.38. The van der Waals surface area contributed by atoms with Crippen LogP contribution in [0.3, 0.4) is 0 Å². The van der Waals surface area contributed by atoms with Gasteiger partial charge in [-0.1, -0.05) is 12.1 Å². The minimum atomic E-state index is 0.0639. The molecular formula is C19H26N2O3. The molecule has 3 heterocycles. The first-order valence-electron chi connectivity index (χ1n) is 9.02. The Kier molecular flexibility index (Phi) is 4.46. The van der Waals surface area contributed by atoms with Crippen molar-refractivity contribution in [2.75, 3.05) is 33.3 Å². The topological polar surface area (TPSA) is 42.0 Å². The van der Waals surface area contributed by atoms with Crippen LogP contribution in [-0.2, 0) is 16.1 Å². The molecule has 4 rings (SSSR count). The first-order valence-corrected chi connectivity index (χ1v) is 9.02. The zero-order valence-electron chi connectivity index (χ0n) is 14.3. The van der Waals surface area contributed by atoms with Crippen molar-refractivity contribution in [2.45, 2.75) is 38.0 Å². The van der Waals surface area contributed by atoms with E-state index in [2.05, 4.69) is 17.0 Å². The average molecular weight is 330 g/mol. The van der Waals surface area contributed by atoms with Gasteiger partial charge in [-0.25, -0.2) is 0 Å². The number of likely N-dealkylation sites (tertiary alicyclic amines) is 2. The highest BCUT2D eigenvalue weighted by molar-refractivity contribution is 5.80. The number of fused-ring (bicyclic) bond motifs is 2. The summed E-state index contributed by atoms with van der Waals surface area (Å²) in [5, 5.41) is 0. The highest BCUT2D eigenvalue weighted by atomic mass is 16.5. The molecule has 3 aliphatic rings. The van der Waals surface area contributed by atoms with Gasteiger partial charge in [0.1, 0.15) is 5.75 Å². The largest absolute Gasteiger partial charge is 0.497 e. The number of methoxy groups -OCH3 is 1. The molecule has 1 aromatic carbocycles. The van der Waals surface area contributed by atoms with Crippen LogP contribution in [0.15, 0.2) is 24.3 Å². The summed E-state index contributed by atoms with van der Waals surface area (Å²) >= 11 is 0. The second kappa shape index (κ2) is 6.73. The Morgan fingerprint density at radius 2 is 1.96 bits per heavy atom. The van der Waals surface area contributed by atoms with Crippen molar-refractivity contribution in [3.8, 4) is 5.75 Å². The molecule has 3 atom stereocenters. The Bertz CT molecular complexity index is 583. The van der Waals surface area contributed by atoms with E-state index in [9.17, 15) is 4.79 Å². The standard InChI is InChI=1S/C19H26N2O3/c1-23-15-6-4-14(5-7-15)11-20-12-16-10-17(18(13-20)24-16)19(22)21-8-2-3-9-21/h4-7,16-18H,2-3,8-13H2,1H3/t16-,17-,18-/m1/s1. The van der Waals surface area contributed by atoms with Crippen LogP contribution in [0.4, 0.5) is 0 Å². The number of carbonyl (C=O) groups excluding carboxylic acids is 1. The van der Waals surface area contributed by atoms with Crippen molar-refractivity contribution < 1.29 is 14.3 Å². The van der Waals surface area contributed by atoms with Crippen LogP contribution in [0, 0.1) is 5.92 Å². The van der Waals surface area contributed by atoms with Crippen molar-refractivity contribution >= 4 is 5.91 Å². The maximum atomic E-state index is 12.7. The summed E-state index contributed by atoms with van der Waals surface area (Å²) < 4.78 is 11.3. The van der Waals surface area contributed by atoms with Gasteiger partial charge in [0.2, 0.25) is 5.91 Å². The van der Waals surface area contributed by atoms with Crippen LogP contribution in [0.2, 0.25) is 0 Å². The van der Waals surface area contributed by atoms with Gasteiger partial charge in [0, 0.05) is 32.7 Å². The third-order valence-electron chi connectivity index (χ3n) is 5.53. The van der Waals surface area contributed by atoms with Crippen LogP contribution in [-0.4, -0.2) is 61.2 Å². The second-order valence-corrected chi connectivity index (χ2v) is 7.21. The number of ether oxygens (including phenoxy) is 2. The maximum Gasteiger partial charge on any atom is 0.228 e. The Morgan fingerprint density at radius 3 is 2.67 bits per heavy atom. The number of rotatable bonds is 4. The van der Waals surface area contributed by atoms with Crippen molar-refractivity contribution in [1.29, 1.82) is 0 Å². The molecule has 0 aromatic heterocycles. The molecule has 0 N–H and O–H groups in total. The molecule has 0 spiro atoms. The normalized spacial score (nSPS) is 29.9. The van der Waals surface area contributed by atoms with Crippen molar-refractivity contribution in [2.24, 2.45) is 5.92 Å². The number of amides is 1. The molecule has 1 amide bonds. The third-order valence-corrected chi connectivity index (χ3v) is 5.53. The average Bonchev–Trinajstić information content (AvgIpc) is 3.23. The summed E-state index contributed by atoms with van der Waals surface area (Å²) in [5.41, 5.74) is 1.28. The molecule has 1 aromatic rings. The Morgan fingerprint density at radius 1 is 1.21 bits per heavy atom. The molecule has 5 heteroatoms. The summed E-state index contributed by atoms with van der Waals surface area (Å²) in [4.78, 5) is 17.2. The summed E-state index contributed by atoms with van der Waals surface area (Å²) in [5.74, 6) is 1.28. The molecule has 130 valence electrons. The van der Waals surface area contributed by atoms with E-state index in [1.807, 2.05) is 17.0 Å². The van der Waals surface area contributed by atoms with E-state index in [1.165, 1.54) is 5.56 Å². The molecule has 0 aliphatic carbocycles. The molecule has 3 saturated heterocycles. The van der Waals surface area contributed by atoms with Crippen molar-refractivity contribution in [3.05, 3.63) is 29.8 Å². The second-order valence-electron chi connectivity index (χ2n) is 7.21. The first kappa shape index (κ1) is 15.9. The predicted octanol–water partition coefficient (Wildman–Crippen LogP) is 1.91. The van der Waals surface area contributed by atoms with Gasteiger partial charge >= 0.3 is 0 Å². The van der Waals surface area contributed by atoms with E-state index in [4.69, 9.17) is 9.47 Å². The lowest BCUT2D eigenvalue weighted by Gasteiger charge is -2.33. The number of carbonyl (C=O) groups is 1. The fourth-order valence-corrected chi connectivity index (χ4v) is 4.29. The predicted molar refractivity (Wildman–Crippen MR) is 90.9 cm³/mol. The summed E-state index contributed by atoms with van der Waals surface area (Å²) in [6.07, 6.45) is 3.46. The van der Waals surface area contributed by atoms with Gasteiger partial charge in [-0.05, 0) is 37.0 Å². The minimum Gasteiger partial charge on any atom is -0.497 e. The van der Waals surface area contributed by atoms with E-state index in [1.54, 1.807) is 7.11 Å². The lowest BCUT2D eigenvalue weighted by atomic mass is 9.99. The van der Waals surface area contributed by atoms with Gasteiger partial charge in [-0.15, -0.1) is 0 Å². The van der Waals surface area contributed by atoms with Gasteiger partial charge in [0.25, 0.3) is 0 Å². The zero-order chi connectivity index (χ0) is 16.5.